The molecule has 3 rings (SSSR count). The van der Waals surface area contributed by atoms with Gasteiger partial charge in [0.2, 0.25) is 11.2 Å². The number of para-hydroxylation sites is 1. The molecular formula is C18H17ClN4OS. The number of benzene rings is 2. The van der Waals surface area contributed by atoms with Gasteiger partial charge in [-0.3, -0.25) is 4.79 Å². The third-order valence-electron chi connectivity index (χ3n) is 3.46. The van der Waals surface area contributed by atoms with E-state index in [4.69, 9.17) is 11.6 Å². The molecule has 0 aliphatic heterocycles. The van der Waals surface area contributed by atoms with Crippen LogP contribution in [0.2, 0.25) is 5.28 Å². The van der Waals surface area contributed by atoms with Crippen molar-refractivity contribution in [3.05, 3.63) is 64.9 Å². The summed E-state index contributed by atoms with van der Waals surface area (Å²) in [4.78, 5) is 16.6. The topological polar surface area (TPSA) is 59.8 Å². The lowest BCUT2D eigenvalue weighted by atomic mass is 10.1. The van der Waals surface area contributed by atoms with Crippen LogP contribution in [0.1, 0.15) is 18.1 Å². The smallest absolute Gasteiger partial charge is 0.243 e. The van der Waals surface area contributed by atoms with E-state index in [0.717, 1.165) is 16.1 Å². The zero-order chi connectivity index (χ0) is 17.8. The summed E-state index contributed by atoms with van der Waals surface area (Å²) < 4.78 is 1.77. The van der Waals surface area contributed by atoms with Crippen LogP contribution in [-0.2, 0) is 11.3 Å². The van der Waals surface area contributed by atoms with Gasteiger partial charge in [-0.1, -0.05) is 42.0 Å². The van der Waals surface area contributed by atoms with Crippen LogP contribution in [0, 0.1) is 6.92 Å². The van der Waals surface area contributed by atoms with E-state index in [9.17, 15) is 4.79 Å². The van der Waals surface area contributed by atoms with Gasteiger partial charge in [0, 0.05) is 11.8 Å². The molecule has 1 amide bonds. The SMILES string of the molecule is CC(=O)Nc1ccccc1Sc1nc(Cl)nn1Cc1ccc(C)cc1. The fourth-order valence-electron chi connectivity index (χ4n) is 2.29. The van der Waals surface area contributed by atoms with Gasteiger partial charge >= 0.3 is 0 Å². The van der Waals surface area contributed by atoms with Crippen LogP contribution in [-0.4, -0.2) is 20.7 Å². The molecule has 3 aromatic rings. The Balaban J connectivity index is 1.86. The number of nitrogens with one attached hydrogen (secondary N) is 1. The number of halogens is 1. The molecule has 128 valence electrons. The molecule has 0 saturated carbocycles. The second-order valence-electron chi connectivity index (χ2n) is 5.59. The van der Waals surface area contributed by atoms with Crippen LogP contribution in [0.4, 0.5) is 5.69 Å². The Hall–Kier alpha value is -2.31. The normalized spacial score (nSPS) is 10.7. The third-order valence-corrected chi connectivity index (χ3v) is 4.68. The number of aromatic nitrogens is 3. The first-order chi connectivity index (χ1) is 12.0. The van der Waals surface area contributed by atoms with E-state index in [-0.39, 0.29) is 11.2 Å². The molecule has 0 saturated heterocycles. The highest BCUT2D eigenvalue weighted by Crippen LogP contribution is 2.33. The van der Waals surface area contributed by atoms with Gasteiger partial charge in [0.25, 0.3) is 0 Å². The Bertz CT molecular complexity index is 892. The Morgan fingerprint density at radius 2 is 1.92 bits per heavy atom. The van der Waals surface area contributed by atoms with Crippen molar-refractivity contribution in [2.24, 2.45) is 0 Å². The van der Waals surface area contributed by atoms with E-state index in [2.05, 4.69) is 46.6 Å². The molecule has 0 aliphatic rings. The highest BCUT2D eigenvalue weighted by atomic mass is 35.5. The summed E-state index contributed by atoms with van der Waals surface area (Å²) in [5.41, 5.74) is 3.06. The molecule has 1 heterocycles. The summed E-state index contributed by atoms with van der Waals surface area (Å²) in [5.74, 6) is -0.118. The van der Waals surface area contributed by atoms with Gasteiger partial charge in [0.15, 0.2) is 5.16 Å². The number of carbonyl (C=O) groups is 1. The van der Waals surface area contributed by atoms with Crippen molar-refractivity contribution in [3.8, 4) is 0 Å². The largest absolute Gasteiger partial charge is 0.325 e. The van der Waals surface area contributed by atoms with Crippen molar-refractivity contribution >= 4 is 35.0 Å². The number of rotatable bonds is 5. The quantitative estimate of drug-likeness (QED) is 0.721. The first-order valence-electron chi connectivity index (χ1n) is 7.71. The molecule has 0 bridgehead atoms. The zero-order valence-electron chi connectivity index (χ0n) is 13.9. The minimum absolute atomic E-state index is 0.118. The number of hydrogen-bond acceptors (Lipinski definition) is 4. The van der Waals surface area contributed by atoms with Crippen LogP contribution in [0.5, 0.6) is 0 Å². The molecule has 1 aromatic heterocycles. The molecule has 2 aromatic carbocycles. The number of hydrogen-bond donors (Lipinski definition) is 1. The summed E-state index contributed by atoms with van der Waals surface area (Å²) in [5, 5.41) is 7.97. The summed E-state index contributed by atoms with van der Waals surface area (Å²) in [6.45, 7) is 4.11. The molecule has 25 heavy (non-hydrogen) atoms. The van der Waals surface area contributed by atoms with E-state index in [1.165, 1.54) is 24.2 Å². The zero-order valence-corrected chi connectivity index (χ0v) is 15.4. The van der Waals surface area contributed by atoms with Crippen LogP contribution in [0.15, 0.2) is 58.6 Å². The van der Waals surface area contributed by atoms with Crippen LogP contribution in [0.3, 0.4) is 0 Å². The first kappa shape index (κ1) is 17.5. The van der Waals surface area contributed by atoms with Gasteiger partial charge in [-0.15, -0.1) is 5.10 Å². The molecule has 5 nitrogen and oxygen atoms in total. The van der Waals surface area contributed by atoms with Gasteiger partial charge in [-0.2, -0.15) is 4.98 Å². The summed E-state index contributed by atoms with van der Waals surface area (Å²) >= 11 is 7.44. The third kappa shape index (κ3) is 4.61. The Morgan fingerprint density at radius 1 is 1.20 bits per heavy atom. The number of anilines is 1. The van der Waals surface area contributed by atoms with E-state index in [1.54, 1.807) is 4.68 Å². The van der Waals surface area contributed by atoms with Gasteiger partial charge in [0.1, 0.15) is 0 Å². The first-order valence-corrected chi connectivity index (χ1v) is 8.91. The second kappa shape index (κ2) is 7.72. The fourth-order valence-corrected chi connectivity index (χ4v) is 3.43. The van der Waals surface area contributed by atoms with E-state index in [1.807, 2.05) is 24.3 Å². The molecular weight excluding hydrogens is 356 g/mol. The predicted molar refractivity (Wildman–Crippen MR) is 100 cm³/mol. The molecule has 0 radical (unpaired) electrons. The lowest BCUT2D eigenvalue weighted by Crippen LogP contribution is -2.07. The van der Waals surface area contributed by atoms with Crippen molar-refractivity contribution < 1.29 is 4.79 Å². The monoisotopic (exact) mass is 372 g/mol. The van der Waals surface area contributed by atoms with Gasteiger partial charge in [0.05, 0.1) is 12.2 Å². The van der Waals surface area contributed by atoms with Crippen molar-refractivity contribution in [1.29, 1.82) is 0 Å². The number of amides is 1. The molecule has 0 spiro atoms. The van der Waals surface area contributed by atoms with E-state index < -0.39 is 0 Å². The average molecular weight is 373 g/mol. The predicted octanol–water partition coefficient (Wildman–Crippen LogP) is 4.40. The fraction of sp³-hybridized carbons (Fsp3) is 0.167. The number of nitrogens with zero attached hydrogens (tertiary/aromatic N) is 3. The van der Waals surface area contributed by atoms with Gasteiger partial charge in [-0.05, 0) is 48.0 Å². The lowest BCUT2D eigenvalue weighted by Gasteiger charge is -2.10. The standard InChI is InChI=1S/C18H17ClN4OS/c1-12-7-9-14(10-8-12)11-23-18(21-17(19)22-23)25-16-6-4-3-5-15(16)20-13(2)24/h3-10H,11H2,1-2H3,(H,20,24). The van der Waals surface area contributed by atoms with Crippen LogP contribution < -0.4 is 5.32 Å². The maximum atomic E-state index is 11.4. The van der Waals surface area contributed by atoms with Crippen molar-refractivity contribution in [2.45, 2.75) is 30.4 Å². The maximum absolute atomic E-state index is 11.4. The summed E-state index contributed by atoms with van der Waals surface area (Å²) in [6, 6.07) is 15.8. The molecule has 0 unspecified atom stereocenters. The summed E-state index contributed by atoms with van der Waals surface area (Å²) in [6.07, 6.45) is 0. The molecule has 7 heteroatoms. The Morgan fingerprint density at radius 3 is 2.64 bits per heavy atom. The maximum Gasteiger partial charge on any atom is 0.243 e. The second-order valence-corrected chi connectivity index (χ2v) is 6.93. The average Bonchev–Trinajstić information content (AvgIpc) is 2.90. The minimum atomic E-state index is -0.118. The summed E-state index contributed by atoms with van der Waals surface area (Å²) in [7, 11) is 0. The Labute approximate surface area is 155 Å². The minimum Gasteiger partial charge on any atom is -0.325 e. The van der Waals surface area contributed by atoms with Gasteiger partial charge in [-0.25, -0.2) is 4.68 Å². The lowest BCUT2D eigenvalue weighted by molar-refractivity contribution is -0.114. The van der Waals surface area contributed by atoms with Crippen molar-refractivity contribution in [1.82, 2.24) is 14.8 Å². The van der Waals surface area contributed by atoms with E-state index >= 15 is 0 Å². The molecule has 0 aliphatic carbocycles. The van der Waals surface area contributed by atoms with Crippen LogP contribution >= 0.6 is 23.4 Å². The van der Waals surface area contributed by atoms with Gasteiger partial charge < -0.3 is 5.32 Å². The molecule has 0 fully saturated rings. The molecule has 0 atom stereocenters. The van der Waals surface area contributed by atoms with Crippen LogP contribution in [0.25, 0.3) is 0 Å². The van der Waals surface area contributed by atoms with E-state index in [0.29, 0.717) is 11.7 Å². The number of carbonyl (C=O) groups excluding carboxylic acids is 1. The highest BCUT2D eigenvalue weighted by Gasteiger charge is 2.13. The van der Waals surface area contributed by atoms with Crippen molar-refractivity contribution in [2.75, 3.05) is 5.32 Å². The molecule has 1 N–H and O–H groups in total. The Kier molecular flexibility index (Phi) is 5.40. The number of aryl methyl sites for hydroxylation is 1. The highest BCUT2D eigenvalue weighted by molar-refractivity contribution is 7.99. The van der Waals surface area contributed by atoms with Crippen molar-refractivity contribution in [3.63, 3.8) is 0 Å².